The smallest absolute Gasteiger partial charge is 0.183 e. The Morgan fingerprint density at radius 2 is 2.31 bits per heavy atom. The van der Waals surface area contributed by atoms with E-state index in [-0.39, 0.29) is 0 Å². The molecule has 0 aromatic heterocycles. The molecule has 0 bridgehead atoms. The molecule has 0 aromatic rings. The average Bonchev–Trinajstić information content (AvgIpc) is 2.41. The minimum absolute atomic E-state index is 0.502. The highest BCUT2D eigenvalue weighted by molar-refractivity contribution is 5.76. The van der Waals surface area contributed by atoms with E-state index < -0.39 is 0 Å². The van der Waals surface area contributed by atoms with E-state index >= 15 is 0 Å². The molecule has 2 nitrogen and oxygen atoms in total. The Balaban J connectivity index is 2.60. The zero-order valence-electron chi connectivity index (χ0n) is 9.05. The molecule has 1 aliphatic heterocycles. The molecule has 0 aromatic carbocycles. The first-order valence-electron chi connectivity index (χ1n) is 5.38. The lowest BCUT2D eigenvalue weighted by atomic mass is 9.96. The molecule has 0 saturated carbocycles. The van der Waals surface area contributed by atoms with Crippen LogP contribution in [0.3, 0.4) is 0 Å². The molecule has 0 aliphatic carbocycles. The number of nitrogens with zero attached hydrogens (tertiary/aromatic N) is 1. The van der Waals surface area contributed by atoms with Gasteiger partial charge in [-0.25, -0.2) is 0 Å². The predicted octanol–water partition coefficient (Wildman–Crippen LogP) is 3.02. The summed E-state index contributed by atoms with van der Waals surface area (Å²) in [4.78, 5) is 4.66. The van der Waals surface area contributed by atoms with Gasteiger partial charge in [-0.15, -0.1) is 0 Å². The van der Waals surface area contributed by atoms with Crippen LogP contribution in [0.5, 0.6) is 0 Å². The third-order valence-electron chi connectivity index (χ3n) is 2.99. The molecule has 1 heterocycles. The summed E-state index contributed by atoms with van der Waals surface area (Å²) < 4.78 is 5.25. The number of rotatable bonds is 2. The van der Waals surface area contributed by atoms with Crippen molar-refractivity contribution in [2.75, 3.05) is 7.11 Å². The highest BCUT2D eigenvalue weighted by Gasteiger charge is 2.18. The van der Waals surface area contributed by atoms with E-state index in [9.17, 15) is 0 Å². The molecule has 0 amide bonds. The molecule has 0 fully saturated rings. The number of aliphatic imine (C=N–C) groups is 1. The van der Waals surface area contributed by atoms with Gasteiger partial charge < -0.3 is 4.74 Å². The van der Waals surface area contributed by atoms with E-state index in [4.69, 9.17) is 4.74 Å². The van der Waals surface area contributed by atoms with Crippen molar-refractivity contribution in [1.82, 2.24) is 0 Å². The van der Waals surface area contributed by atoms with Crippen molar-refractivity contribution < 1.29 is 4.74 Å². The van der Waals surface area contributed by atoms with E-state index in [1.165, 1.54) is 25.7 Å². The molecule has 0 N–H and O–H groups in total. The van der Waals surface area contributed by atoms with Crippen LogP contribution in [0.2, 0.25) is 0 Å². The normalized spacial score (nSPS) is 26.1. The maximum Gasteiger partial charge on any atom is 0.183 e. The van der Waals surface area contributed by atoms with Crippen LogP contribution in [0.1, 0.15) is 46.0 Å². The standard InChI is InChI=1S/C11H21NO/c1-4-9(2)10-7-5-6-8-11(12-10)13-3/h9-10H,4-8H2,1-3H3. The first-order chi connectivity index (χ1) is 6.27. The van der Waals surface area contributed by atoms with Crippen LogP contribution >= 0.6 is 0 Å². The number of ether oxygens (including phenoxy) is 1. The zero-order chi connectivity index (χ0) is 9.68. The van der Waals surface area contributed by atoms with Crippen molar-refractivity contribution in [2.24, 2.45) is 10.9 Å². The second-order valence-corrected chi connectivity index (χ2v) is 3.93. The van der Waals surface area contributed by atoms with Gasteiger partial charge in [0.2, 0.25) is 0 Å². The Morgan fingerprint density at radius 3 is 2.92 bits per heavy atom. The maximum atomic E-state index is 5.25. The maximum absolute atomic E-state index is 5.25. The van der Waals surface area contributed by atoms with Crippen LogP contribution in [0, 0.1) is 5.92 Å². The molecule has 2 unspecified atom stereocenters. The molecular formula is C11H21NO. The molecule has 0 saturated heterocycles. The van der Waals surface area contributed by atoms with Gasteiger partial charge in [0.1, 0.15) is 0 Å². The third kappa shape index (κ3) is 3.02. The van der Waals surface area contributed by atoms with Crippen LogP contribution in [-0.2, 0) is 4.74 Å². The van der Waals surface area contributed by atoms with E-state index in [0.717, 1.165) is 12.3 Å². The molecule has 13 heavy (non-hydrogen) atoms. The fourth-order valence-electron chi connectivity index (χ4n) is 1.78. The lowest BCUT2D eigenvalue weighted by molar-refractivity contribution is 0.375. The molecule has 76 valence electrons. The van der Waals surface area contributed by atoms with Gasteiger partial charge in [0, 0.05) is 6.42 Å². The van der Waals surface area contributed by atoms with Crippen molar-refractivity contribution in [3.63, 3.8) is 0 Å². The van der Waals surface area contributed by atoms with E-state index in [2.05, 4.69) is 18.8 Å². The third-order valence-corrected chi connectivity index (χ3v) is 2.99. The molecule has 2 heteroatoms. The highest BCUT2D eigenvalue weighted by atomic mass is 16.5. The summed E-state index contributed by atoms with van der Waals surface area (Å²) in [6.07, 6.45) is 6.02. The predicted molar refractivity (Wildman–Crippen MR) is 56.2 cm³/mol. The van der Waals surface area contributed by atoms with E-state index in [0.29, 0.717) is 12.0 Å². The Morgan fingerprint density at radius 1 is 1.54 bits per heavy atom. The van der Waals surface area contributed by atoms with Gasteiger partial charge in [0.05, 0.1) is 13.2 Å². The van der Waals surface area contributed by atoms with Crippen LogP contribution < -0.4 is 0 Å². The zero-order valence-corrected chi connectivity index (χ0v) is 9.05. The van der Waals surface area contributed by atoms with Gasteiger partial charge in [0.25, 0.3) is 0 Å². The van der Waals surface area contributed by atoms with Crippen molar-refractivity contribution in [1.29, 1.82) is 0 Å². The monoisotopic (exact) mass is 183 g/mol. The molecule has 1 rings (SSSR count). The summed E-state index contributed by atoms with van der Waals surface area (Å²) in [5, 5.41) is 0. The first kappa shape index (κ1) is 10.6. The minimum Gasteiger partial charge on any atom is -0.484 e. The second-order valence-electron chi connectivity index (χ2n) is 3.93. The summed E-state index contributed by atoms with van der Waals surface area (Å²) in [6.45, 7) is 4.52. The van der Waals surface area contributed by atoms with Gasteiger partial charge in [0.15, 0.2) is 5.90 Å². The largest absolute Gasteiger partial charge is 0.484 e. The van der Waals surface area contributed by atoms with Crippen molar-refractivity contribution >= 4 is 5.90 Å². The summed E-state index contributed by atoms with van der Waals surface area (Å²) >= 11 is 0. The van der Waals surface area contributed by atoms with Gasteiger partial charge >= 0.3 is 0 Å². The van der Waals surface area contributed by atoms with Crippen LogP contribution in [0.4, 0.5) is 0 Å². The van der Waals surface area contributed by atoms with Crippen LogP contribution in [-0.4, -0.2) is 19.0 Å². The Hall–Kier alpha value is -0.530. The summed E-state index contributed by atoms with van der Waals surface area (Å²) in [7, 11) is 1.73. The molecule has 0 spiro atoms. The second kappa shape index (κ2) is 5.25. The van der Waals surface area contributed by atoms with E-state index in [1.807, 2.05) is 0 Å². The van der Waals surface area contributed by atoms with Gasteiger partial charge in [-0.05, 0) is 18.8 Å². The topological polar surface area (TPSA) is 21.6 Å². The fraction of sp³-hybridized carbons (Fsp3) is 0.909. The van der Waals surface area contributed by atoms with Crippen molar-refractivity contribution in [3.8, 4) is 0 Å². The Bertz CT molecular complexity index is 177. The number of hydrogen-bond acceptors (Lipinski definition) is 2. The molecule has 2 atom stereocenters. The van der Waals surface area contributed by atoms with Crippen LogP contribution in [0.25, 0.3) is 0 Å². The Kier molecular flexibility index (Phi) is 4.26. The van der Waals surface area contributed by atoms with E-state index in [1.54, 1.807) is 7.11 Å². The SMILES string of the molecule is CCC(C)C1CCCCC(OC)=N1. The van der Waals surface area contributed by atoms with Crippen molar-refractivity contribution in [3.05, 3.63) is 0 Å². The molecule has 0 radical (unpaired) electrons. The Labute approximate surface area is 81.4 Å². The fourth-order valence-corrected chi connectivity index (χ4v) is 1.78. The average molecular weight is 183 g/mol. The first-order valence-corrected chi connectivity index (χ1v) is 5.38. The molecule has 1 aliphatic rings. The van der Waals surface area contributed by atoms with Crippen LogP contribution in [0.15, 0.2) is 4.99 Å². The quantitative estimate of drug-likeness (QED) is 0.645. The summed E-state index contributed by atoms with van der Waals surface area (Å²) in [5.41, 5.74) is 0. The lowest BCUT2D eigenvalue weighted by Gasteiger charge is -2.17. The number of hydrogen-bond donors (Lipinski definition) is 0. The van der Waals surface area contributed by atoms with Gasteiger partial charge in [-0.2, -0.15) is 0 Å². The highest BCUT2D eigenvalue weighted by Crippen LogP contribution is 2.21. The lowest BCUT2D eigenvalue weighted by Crippen LogP contribution is -2.16. The number of methoxy groups -OCH3 is 1. The van der Waals surface area contributed by atoms with Crippen molar-refractivity contribution in [2.45, 2.75) is 52.0 Å². The van der Waals surface area contributed by atoms with Gasteiger partial charge in [-0.3, -0.25) is 4.99 Å². The molecular weight excluding hydrogens is 162 g/mol. The summed E-state index contributed by atoms with van der Waals surface area (Å²) in [5.74, 6) is 1.66. The minimum atomic E-state index is 0.502. The summed E-state index contributed by atoms with van der Waals surface area (Å²) in [6, 6.07) is 0.502. The van der Waals surface area contributed by atoms with Gasteiger partial charge in [-0.1, -0.05) is 26.7 Å².